The third-order valence-electron chi connectivity index (χ3n) is 4.38. The van der Waals surface area contributed by atoms with Crippen LogP contribution in [0, 0.1) is 0 Å². The maximum atomic E-state index is 3.95. The third kappa shape index (κ3) is 2.46. The van der Waals surface area contributed by atoms with E-state index in [2.05, 4.69) is 48.3 Å². The molecule has 0 amide bonds. The maximum Gasteiger partial charge on any atom is 0.0329 e. The molecule has 0 aliphatic heterocycles. The Balaban J connectivity index is 1.67. The monoisotopic (exact) mass is 261 g/mol. The quantitative estimate of drug-likeness (QED) is 0.881. The Morgan fingerprint density at radius 1 is 1.22 bits per heavy atom. The van der Waals surface area contributed by atoms with Crippen LogP contribution < -0.4 is 5.32 Å². The van der Waals surface area contributed by atoms with Crippen molar-refractivity contribution in [1.29, 1.82) is 0 Å². The number of hydrogen-bond donors (Lipinski definition) is 1. The van der Waals surface area contributed by atoms with Gasteiger partial charge in [-0.25, -0.2) is 0 Å². The molecule has 0 saturated heterocycles. The SMILES string of the molecule is CCSC1CCCC1NC1CCc2ccccc21. The van der Waals surface area contributed by atoms with E-state index >= 15 is 0 Å². The zero-order valence-corrected chi connectivity index (χ0v) is 12.0. The highest BCUT2D eigenvalue weighted by Gasteiger charge is 2.31. The minimum absolute atomic E-state index is 0.615. The van der Waals surface area contributed by atoms with Crippen molar-refractivity contribution in [2.45, 2.75) is 56.4 Å². The summed E-state index contributed by atoms with van der Waals surface area (Å²) in [6.45, 7) is 2.28. The zero-order chi connectivity index (χ0) is 12.4. The highest BCUT2D eigenvalue weighted by Crippen LogP contribution is 2.35. The second kappa shape index (κ2) is 5.66. The van der Waals surface area contributed by atoms with Crippen LogP contribution in [0.5, 0.6) is 0 Å². The van der Waals surface area contributed by atoms with Crippen molar-refractivity contribution in [3.63, 3.8) is 0 Å². The van der Waals surface area contributed by atoms with Crippen molar-refractivity contribution in [3.8, 4) is 0 Å². The van der Waals surface area contributed by atoms with Gasteiger partial charge >= 0.3 is 0 Å². The predicted molar refractivity (Wildman–Crippen MR) is 80.2 cm³/mol. The molecule has 0 radical (unpaired) electrons. The van der Waals surface area contributed by atoms with E-state index in [4.69, 9.17) is 0 Å². The molecular formula is C16H23NS. The summed E-state index contributed by atoms with van der Waals surface area (Å²) < 4.78 is 0. The predicted octanol–water partition coefficient (Wildman–Crippen LogP) is 3.94. The Kier molecular flexibility index (Phi) is 3.95. The summed E-state index contributed by atoms with van der Waals surface area (Å²) in [4.78, 5) is 0. The van der Waals surface area contributed by atoms with E-state index in [1.165, 1.54) is 37.9 Å². The van der Waals surface area contributed by atoms with Crippen molar-refractivity contribution in [1.82, 2.24) is 5.32 Å². The van der Waals surface area contributed by atoms with Crippen molar-refractivity contribution < 1.29 is 0 Å². The van der Waals surface area contributed by atoms with Crippen LogP contribution in [0.1, 0.15) is 49.8 Å². The van der Waals surface area contributed by atoms with Crippen LogP contribution in [-0.2, 0) is 6.42 Å². The maximum absolute atomic E-state index is 3.95. The molecule has 0 aromatic heterocycles. The molecule has 1 nitrogen and oxygen atoms in total. The number of rotatable bonds is 4. The number of aryl methyl sites for hydroxylation is 1. The molecule has 3 unspecified atom stereocenters. The molecule has 0 bridgehead atoms. The van der Waals surface area contributed by atoms with Gasteiger partial charge in [-0.15, -0.1) is 0 Å². The number of hydrogen-bond acceptors (Lipinski definition) is 2. The molecule has 1 aromatic carbocycles. The van der Waals surface area contributed by atoms with Crippen LogP contribution in [0.3, 0.4) is 0 Å². The summed E-state index contributed by atoms with van der Waals surface area (Å²) in [5, 5.41) is 4.80. The molecule has 2 heteroatoms. The van der Waals surface area contributed by atoms with Crippen molar-refractivity contribution in [2.75, 3.05) is 5.75 Å². The second-order valence-electron chi connectivity index (χ2n) is 5.49. The van der Waals surface area contributed by atoms with Crippen molar-refractivity contribution >= 4 is 11.8 Å². The molecule has 0 spiro atoms. The molecule has 98 valence electrons. The molecule has 3 atom stereocenters. The van der Waals surface area contributed by atoms with Gasteiger partial charge in [-0.2, -0.15) is 11.8 Å². The van der Waals surface area contributed by atoms with Crippen LogP contribution in [0.2, 0.25) is 0 Å². The molecular weight excluding hydrogens is 238 g/mol. The largest absolute Gasteiger partial charge is 0.306 e. The Morgan fingerprint density at radius 2 is 2.11 bits per heavy atom. The van der Waals surface area contributed by atoms with E-state index in [0.29, 0.717) is 6.04 Å². The first-order valence-electron chi connectivity index (χ1n) is 7.34. The molecule has 0 heterocycles. The smallest absolute Gasteiger partial charge is 0.0329 e. The van der Waals surface area contributed by atoms with Crippen LogP contribution in [0.25, 0.3) is 0 Å². The average molecular weight is 261 g/mol. The first-order valence-corrected chi connectivity index (χ1v) is 8.39. The fourth-order valence-electron chi connectivity index (χ4n) is 3.52. The van der Waals surface area contributed by atoms with Gasteiger partial charge in [-0.05, 0) is 42.6 Å². The van der Waals surface area contributed by atoms with E-state index in [0.717, 1.165) is 11.3 Å². The van der Waals surface area contributed by atoms with Gasteiger partial charge < -0.3 is 5.32 Å². The van der Waals surface area contributed by atoms with Gasteiger partial charge in [0.05, 0.1) is 0 Å². The highest BCUT2D eigenvalue weighted by atomic mass is 32.2. The lowest BCUT2D eigenvalue weighted by molar-refractivity contribution is 0.443. The lowest BCUT2D eigenvalue weighted by Gasteiger charge is -2.25. The van der Waals surface area contributed by atoms with E-state index < -0.39 is 0 Å². The third-order valence-corrected chi connectivity index (χ3v) is 5.71. The molecule has 1 aromatic rings. The Morgan fingerprint density at radius 3 is 3.00 bits per heavy atom. The molecule has 2 aliphatic rings. The Bertz CT molecular complexity index is 404. The fraction of sp³-hybridized carbons (Fsp3) is 0.625. The van der Waals surface area contributed by atoms with Crippen LogP contribution in [0.15, 0.2) is 24.3 Å². The van der Waals surface area contributed by atoms with Crippen LogP contribution >= 0.6 is 11.8 Å². The van der Waals surface area contributed by atoms with Gasteiger partial charge in [0.2, 0.25) is 0 Å². The van der Waals surface area contributed by atoms with E-state index in [-0.39, 0.29) is 0 Å². The van der Waals surface area contributed by atoms with E-state index in [1.807, 2.05) is 0 Å². The molecule has 18 heavy (non-hydrogen) atoms. The lowest BCUT2D eigenvalue weighted by atomic mass is 10.1. The van der Waals surface area contributed by atoms with Crippen molar-refractivity contribution in [2.24, 2.45) is 0 Å². The standard InChI is InChI=1S/C16H23NS/c1-2-18-16-9-5-8-15(16)17-14-11-10-12-6-3-4-7-13(12)14/h3-4,6-7,14-17H,2,5,8-11H2,1H3. The summed E-state index contributed by atoms with van der Waals surface area (Å²) in [5.74, 6) is 1.25. The average Bonchev–Trinajstić information content (AvgIpc) is 2.99. The zero-order valence-electron chi connectivity index (χ0n) is 11.2. The normalized spacial score (nSPS) is 30.6. The van der Waals surface area contributed by atoms with Gasteiger partial charge in [0, 0.05) is 17.3 Å². The lowest BCUT2D eigenvalue weighted by Crippen LogP contribution is -2.36. The van der Waals surface area contributed by atoms with Gasteiger partial charge in [-0.3, -0.25) is 0 Å². The van der Waals surface area contributed by atoms with E-state index in [9.17, 15) is 0 Å². The minimum atomic E-state index is 0.615. The fourth-order valence-corrected chi connectivity index (χ4v) is 4.73. The summed E-state index contributed by atoms with van der Waals surface area (Å²) in [6, 6.07) is 10.3. The Hall–Kier alpha value is -0.470. The topological polar surface area (TPSA) is 12.0 Å². The van der Waals surface area contributed by atoms with Gasteiger partial charge in [0.1, 0.15) is 0 Å². The number of benzene rings is 1. The number of fused-ring (bicyclic) bond motifs is 1. The van der Waals surface area contributed by atoms with Crippen LogP contribution in [-0.4, -0.2) is 17.0 Å². The summed E-state index contributed by atoms with van der Waals surface area (Å²) >= 11 is 2.15. The molecule has 1 saturated carbocycles. The van der Waals surface area contributed by atoms with Crippen molar-refractivity contribution in [3.05, 3.63) is 35.4 Å². The number of nitrogens with one attached hydrogen (secondary N) is 1. The second-order valence-corrected chi connectivity index (χ2v) is 7.00. The summed E-state index contributed by atoms with van der Waals surface area (Å²) in [7, 11) is 0. The molecule has 1 fully saturated rings. The van der Waals surface area contributed by atoms with Gasteiger partial charge in [0.15, 0.2) is 0 Å². The van der Waals surface area contributed by atoms with Crippen LogP contribution in [0.4, 0.5) is 0 Å². The Labute approximate surface area is 115 Å². The summed E-state index contributed by atoms with van der Waals surface area (Å²) in [5.41, 5.74) is 3.12. The minimum Gasteiger partial charge on any atom is -0.306 e. The first-order chi connectivity index (χ1) is 8.88. The van der Waals surface area contributed by atoms with Gasteiger partial charge in [0.25, 0.3) is 0 Å². The molecule has 3 rings (SSSR count). The molecule has 2 aliphatic carbocycles. The first kappa shape index (κ1) is 12.6. The van der Waals surface area contributed by atoms with Gasteiger partial charge in [-0.1, -0.05) is 37.6 Å². The highest BCUT2D eigenvalue weighted by molar-refractivity contribution is 7.99. The molecule has 1 N–H and O–H groups in total. The summed E-state index contributed by atoms with van der Waals surface area (Å²) in [6.07, 6.45) is 6.73. The van der Waals surface area contributed by atoms with E-state index in [1.54, 1.807) is 11.1 Å². The number of thioether (sulfide) groups is 1.